The molecule has 0 aliphatic carbocycles. The highest BCUT2D eigenvalue weighted by Crippen LogP contribution is 2.29. The van der Waals surface area contributed by atoms with Gasteiger partial charge in [0, 0.05) is 0 Å². The van der Waals surface area contributed by atoms with Gasteiger partial charge >= 0.3 is 5.97 Å². The van der Waals surface area contributed by atoms with Crippen molar-refractivity contribution >= 4 is 34.4 Å². The summed E-state index contributed by atoms with van der Waals surface area (Å²) in [6.07, 6.45) is 2.56. The molecule has 0 saturated heterocycles. The van der Waals surface area contributed by atoms with Crippen molar-refractivity contribution in [2.24, 2.45) is 0 Å². The third kappa shape index (κ3) is 3.95. The van der Waals surface area contributed by atoms with E-state index in [1.165, 1.54) is 18.9 Å². The molecule has 8 heteroatoms. The molecule has 7 nitrogen and oxygen atoms in total. The van der Waals surface area contributed by atoms with E-state index >= 15 is 0 Å². The van der Waals surface area contributed by atoms with Crippen molar-refractivity contribution in [1.29, 1.82) is 0 Å². The van der Waals surface area contributed by atoms with Crippen molar-refractivity contribution in [3.05, 3.63) is 64.4 Å². The van der Waals surface area contributed by atoms with Gasteiger partial charge in [-0.25, -0.2) is 4.57 Å². The van der Waals surface area contributed by atoms with Crippen LogP contribution >= 0.6 is 11.8 Å². The van der Waals surface area contributed by atoms with Crippen LogP contribution in [0.1, 0.15) is 31.7 Å². The predicted octanol–water partition coefficient (Wildman–Crippen LogP) is 4.17. The lowest BCUT2D eigenvalue weighted by atomic mass is 10.2. The van der Waals surface area contributed by atoms with Gasteiger partial charge in [0.05, 0.1) is 23.7 Å². The SMILES string of the molecule is CCCCC(Sc1nnc2n(-c3ccc(C)cc3)c(=O)c3ccccc3n12)C(=O)OC. The number of para-hydroxylation sites is 1. The van der Waals surface area contributed by atoms with Gasteiger partial charge in [-0.15, -0.1) is 10.2 Å². The maximum absolute atomic E-state index is 13.4. The van der Waals surface area contributed by atoms with Crippen LogP contribution < -0.4 is 5.56 Å². The molecule has 1 unspecified atom stereocenters. The molecular weight excluding hydrogens is 412 g/mol. The highest BCUT2D eigenvalue weighted by Gasteiger charge is 2.25. The lowest BCUT2D eigenvalue weighted by molar-refractivity contribution is -0.140. The lowest BCUT2D eigenvalue weighted by Crippen LogP contribution is -2.22. The summed E-state index contributed by atoms with van der Waals surface area (Å²) in [6.45, 7) is 4.08. The number of aryl methyl sites for hydroxylation is 1. The molecule has 1 atom stereocenters. The Labute approximate surface area is 184 Å². The van der Waals surface area contributed by atoms with E-state index < -0.39 is 5.25 Å². The second-order valence-electron chi connectivity index (χ2n) is 7.38. The zero-order chi connectivity index (χ0) is 22.0. The zero-order valence-electron chi connectivity index (χ0n) is 17.7. The molecule has 4 aromatic rings. The van der Waals surface area contributed by atoms with Crippen LogP contribution in [0.5, 0.6) is 0 Å². The number of nitrogens with zero attached hydrogens (tertiary/aromatic N) is 4. The molecule has 0 bridgehead atoms. The molecule has 0 aliphatic heterocycles. The van der Waals surface area contributed by atoms with E-state index in [9.17, 15) is 9.59 Å². The van der Waals surface area contributed by atoms with E-state index in [1.54, 1.807) is 10.6 Å². The van der Waals surface area contributed by atoms with Gasteiger partial charge in [0.1, 0.15) is 5.25 Å². The van der Waals surface area contributed by atoms with Crippen LogP contribution in [0, 0.1) is 6.92 Å². The minimum absolute atomic E-state index is 0.161. The number of aromatic nitrogens is 4. The maximum atomic E-state index is 13.4. The van der Waals surface area contributed by atoms with Gasteiger partial charge in [0.2, 0.25) is 5.78 Å². The summed E-state index contributed by atoms with van der Waals surface area (Å²) >= 11 is 1.32. The van der Waals surface area contributed by atoms with E-state index in [0.29, 0.717) is 33.9 Å². The van der Waals surface area contributed by atoms with E-state index in [-0.39, 0.29) is 11.5 Å². The van der Waals surface area contributed by atoms with Gasteiger partial charge in [-0.1, -0.05) is 61.4 Å². The number of hydrogen-bond donors (Lipinski definition) is 0. The highest BCUT2D eigenvalue weighted by atomic mass is 32.2. The first-order chi connectivity index (χ1) is 15.0. The molecule has 0 saturated carbocycles. The molecule has 31 heavy (non-hydrogen) atoms. The van der Waals surface area contributed by atoms with E-state index in [2.05, 4.69) is 17.1 Å². The van der Waals surface area contributed by atoms with E-state index in [4.69, 9.17) is 4.74 Å². The Balaban J connectivity index is 1.94. The molecule has 2 heterocycles. The molecule has 0 N–H and O–H groups in total. The largest absolute Gasteiger partial charge is 0.468 e. The van der Waals surface area contributed by atoms with Crippen molar-refractivity contribution < 1.29 is 9.53 Å². The van der Waals surface area contributed by atoms with Crippen LogP contribution in [-0.4, -0.2) is 37.5 Å². The third-order valence-corrected chi connectivity index (χ3v) is 6.41. The number of hydrogen-bond acceptors (Lipinski definition) is 6. The molecule has 2 aromatic carbocycles. The van der Waals surface area contributed by atoms with E-state index in [0.717, 1.165) is 18.4 Å². The summed E-state index contributed by atoms with van der Waals surface area (Å²) in [6, 6.07) is 15.1. The Kier molecular flexibility index (Phi) is 6.08. The Bertz CT molecular complexity index is 1290. The third-order valence-electron chi connectivity index (χ3n) is 5.22. The second kappa shape index (κ2) is 8.93. The minimum Gasteiger partial charge on any atom is -0.468 e. The summed E-state index contributed by atoms with van der Waals surface area (Å²) in [5, 5.41) is 9.43. The maximum Gasteiger partial charge on any atom is 0.319 e. The minimum atomic E-state index is -0.393. The van der Waals surface area contributed by atoms with Crippen molar-refractivity contribution in [3.8, 4) is 5.69 Å². The number of thioether (sulfide) groups is 1. The van der Waals surface area contributed by atoms with Crippen molar-refractivity contribution in [3.63, 3.8) is 0 Å². The summed E-state index contributed by atoms with van der Waals surface area (Å²) in [5.41, 5.74) is 2.36. The molecule has 0 fully saturated rings. The highest BCUT2D eigenvalue weighted by molar-refractivity contribution is 8.00. The first kappa shape index (κ1) is 21.1. The Morgan fingerprint density at radius 1 is 1.13 bits per heavy atom. The summed E-state index contributed by atoms with van der Waals surface area (Å²) in [7, 11) is 1.40. The Morgan fingerprint density at radius 2 is 1.87 bits per heavy atom. The van der Waals surface area contributed by atoms with Gasteiger partial charge in [-0.3, -0.25) is 14.0 Å². The van der Waals surface area contributed by atoms with Crippen LogP contribution in [-0.2, 0) is 9.53 Å². The number of ether oxygens (including phenoxy) is 1. The number of rotatable bonds is 7. The zero-order valence-corrected chi connectivity index (χ0v) is 18.6. The molecule has 0 amide bonds. The average Bonchev–Trinajstić information content (AvgIpc) is 3.20. The molecule has 0 aliphatic rings. The topological polar surface area (TPSA) is 78.5 Å². The summed E-state index contributed by atoms with van der Waals surface area (Å²) in [4.78, 5) is 25.7. The van der Waals surface area contributed by atoms with Crippen LogP contribution in [0.3, 0.4) is 0 Å². The van der Waals surface area contributed by atoms with Gasteiger partial charge < -0.3 is 4.74 Å². The van der Waals surface area contributed by atoms with Crippen LogP contribution in [0.2, 0.25) is 0 Å². The molecular formula is C23H24N4O3S. The Hall–Kier alpha value is -3.13. The van der Waals surface area contributed by atoms with Gasteiger partial charge in [-0.2, -0.15) is 0 Å². The molecule has 4 rings (SSSR count). The monoisotopic (exact) mass is 436 g/mol. The number of fused-ring (bicyclic) bond motifs is 3. The van der Waals surface area contributed by atoms with Crippen molar-refractivity contribution in [2.75, 3.05) is 7.11 Å². The van der Waals surface area contributed by atoms with Crippen LogP contribution in [0.4, 0.5) is 0 Å². The first-order valence-electron chi connectivity index (χ1n) is 10.3. The van der Waals surface area contributed by atoms with E-state index in [1.807, 2.05) is 53.8 Å². The summed E-state index contributed by atoms with van der Waals surface area (Å²) in [5.74, 6) is 0.125. The average molecular weight is 437 g/mol. The van der Waals surface area contributed by atoms with Crippen LogP contribution in [0.25, 0.3) is 22.4 Å². The smallest absolute Gasteiger partial charge is 0.319 e. The fourth-order valence-corrected chi connectivity index (χ4v) is 4.66. The van der Waals surface area contributed by atoms with Crippen molar-refractivity contribution in [2.45, 2.75) is 43.5 Å². The predicted molar refractivity (Wildman–Crippen MR) is 122 cm³/mol. The first-order valence-corrected chi connectivity index (χ1v) is 11.1. The van der Waals surface area contributed by atoms with Crippen molar-refractivity contribution in [1.82, 2.24) is 19.2 Å². The molecule has 160 valence electrons. The van der Waals surface area contributed by atoms with Crippen LogP contribution in [0.15, 0.2) is 58.5 Å². The molecule has 0 spiro atoms. The number of unbranched alkanes of at least 4 members (excludes halogenated alkanes) is 1. The normalized spacial score (nSPS) is 12.4. The Morgan fingerprint density at radius 3 is 2.58 bits per heavy atom. The number of carbonyl (C=O) groups excluding carboxylic acids is 1. The van der Waals surface area contributed by atoms with Gasteiger partial charge in [-0.05, 0) is 37.6 Å². The number of esters is 1. The number of methoxy groups -OCH3 is 1. The standard InChI is InChI=1S/C23H24N4O3S/c1-4-5-10-19(21(29)30-3)31-23-25-24-22-26(16-13-11-15(2)12-14-16)20(28)17-8-6-7-9-18(17)27(22)23/h6-9,11-14,19H,4-5,10H2,1-3H3. The van der Waals surface area contributed by atoms with Gasteiger partial charge in [0.15, 0.2) is 5.16 Å². The fraction of sp³-hybridized carbons (Fsp3) is 0.304. The molecule has 2 aromatic heterocycles. The summed E-state index contributed by atoms with van der Waals surface area (Å²) < 4.78 is 8.43. The lowest BCUT2D eigenvalue weighted by Gasteiger charge is -2.14. The number of carbonyl (C=O) groups is 1. The number of benzene rings is 2. The second-order valence-corrected chi connectivity index (χ2v) is 8.55. The quantitative estimate of drug-likeness (QED) is 0.320. The fourth-order valence-electron chi connectivity index (χ4n) is 3.55. The van der Waals surface area contributed by atoms with Gasteiger partial charge in [0.25, 0.3) is 5.56 Å². The molecule has 0 radical (unpaired) electrons.